The third kappa shape index (κ3) is 5.31. The number of nitrogens with zero attached hydrogens (tertiary/aromatic N) is 3. The molecule has 1 fully saturated rings. The summed E-state index contributed by atoms with van der Waals surface area (Å²) in [7, 11) is 0. The average Bonchev–Trinajstić information content (AvgIpc) is 3.68. The van der Waals surface area contributed by atoms with E-state index in [4.69, 9.17) is 0 Å². The Morgan fingerprint density at radius 3 is 2.51 bits per heavy atom. The van der Waals surface area contributed by atoms with E-state index in [1.54, 1.807) is 6.07 Å². The van der Waals surface area contributed by atoms with Crippen LogP contribution in [0.1, 0.15) is 35.4 Å². The molecule has 0 unspecified atom stereocenters. The number of fused-ring (bicyclic) bond motifs is 1. The normalized spacial score (nSPS) is 15.6. The number of aromatic amines is 1. The zero-order valence-electron chi connectivity index (χ0n) is 22.4. The molecule has 10 nitrogen and oxygen atoms in total. The highest BCUT2D eigenvalue weighted by Gasteiger charge is 2.30. The first-order valence-corrected chi connectivity index (χ1v) is 13.5. The number of nitrogens with one attached hydrogen (secondary N) is 3. The van der Waals surface area contributed by atoms with Crippen molar-refractivity contribution in [3.05, 3.63) is 106 Å². The van der Waals surface area contributed by atoms with Gasteiger partial charge in [-0.15, -0.1) is 0 Å². The molecule has 0 bridgehead atoms. The number of non-ortho nitro benzene ring substituents is 1. The van der Waals surface area contributed by atoms with Gasteiger partial charge >= 0.3 is 0 Å². The maximum atomic E-state index is 13.3. The number of aryl methyl sites for hydroxylation is 1. The molecule has 10 heteroatoms. The second kappa shape index (κ2) is 10.7. The number of rotatable bonds is 8. The molecular weight excluding hydrogens is 520 g/mol. The number of nitro benzene ring substituents is 1. The number of hydrogen-bond acceptors (Lipinski definition) is 6. The Hall–Kier alpha value is -5.25. The van der Waals surface area contributed by atoms with Gasteiger partial charge in [-0.05, 0) is 49.1 Å². The number of aromatic nitrogens is 2. The number of benzene rings is 3. The molecule has 6 rings (SSSR count). The fourth-order valence-corrected chi connectivity index (χ4v) is 5.27. The summed E-state index contributed by atoms with van der Waals surface area (Å²) in [6.07, 6.45) is 4.10. The minimum Gasteiger partial charge on any atom is -0.354 e. The van der Waals surface area contributed by atoms with E-state index in [2.05, 4.69) is 20.6 Å². The minimum absolute atomic E-state index is 0.0949. The predicted molar refractivity (Wildman–Crippen MR) is 157 cm³/mol. The summed E-state index contributed by atoms with van der Waals surface area (Å²) in [5.74, 6) is 0.680. The molecule has 2 aliphatic rings. The molecule has 4 aromatic rings. The van der Waals surface area contributed by atoms with Crippen LogP contribution in [-0.4, -0.2) is 44.7 Å². The highest BCUT2D eigenvalue weighted by atomic mass is 16.6. The fraction of sp³-hybridized carbons (Fsp3) is 0.194. The van der Waals surface area contributed by atoms with Crippen molar-refractivity contribution in [3.8, 4) is 11.3 Å². The molecule has 0 spiro atoms. The standard InChI is InChI=1S/C31H28N6O4/c1-19-32-18-27(33-19)21-8-10-23(11-9-21)34-30(29-25-17-24(37(40)41)12-13-26(25)35-31(29)39)22-6-4-20(5-7-22)14-16-36-15-2-3-28(36)38/h4-13,17-18,34H,2-3,14-16H2,1H3,(H,32,33)(H,35,39)/b30-29-. The molecule has 2 aliphatic heterocycles. The van der Waals surface area contributed by atoms with E-state index in [1.807, 2.05) is 66.6 Å². The topological polar surface area (TPSA) is 133 Å². The Morgan fingerprint density at radius 1 is 1.07 bits per heavy atom. The Morgan fingerprint density at radius 2 is 1.85 bits per heavy atom. The molecule has 0 atom stereocenters. The van der Waals surface area contributed by atoms with Gasteiger partial charge in [0.2, 0.25) is 5.91 Å². The SMILES string of the molecule is Cc1nc(-c2ccc(N/C(=C3\C(=O)Nc4ccc([N+](=O)[O-])cc43)c3ccc(CCN4CCCC4=O)cc3)cc2)c[nH]1. The second-order valence-corrected chi connectivity index (χ2v) is 10.2. The van der Waals surface area contributed by atoms with Gasteiger partial charge in [0.1, 0.15) is 5.82 Å². The van der Waals surface area contributed by atoms with Gasteiger partial charge in [-0.2, -0.15) is 0 Å². The molecule has 41 heavy (non-hydrogen) atoms. The van der Waals surface area contributed by atoms with E-state index in [-0.39, 0.29) is 17.5 Å². The van der Waals surface area contributed by atoms with Crippen LogP contribution in [0.5, 0.6) is 0 Å². The Bertz CT molecular complexity index is 1690. The number of carbonyl (C=O) groups is 2. The van der Waals surface area contributed by atoms with E-state index in [0.717, 1.165) is 53.3 Å². The van der Waals surface area contributed by atoms with Crippen molar-refractivity contribution < 1.29 is 14.5 Å². The highest BCUT2D eigenvalue weighted by molar-refractivity contribution is 6.37. The predicted octanol–water partition coefficient (Wildman–Crippen LogP) is 5.39. The lowest BCUT2D eigenvalue weighted by molar-refractivity contribution is -0.384. The zero-order chi connectivity index (χ0) is 28.5. The Labute approximate surface area is 236 Å². The number of H-pyrrole nitrogens is 1. The first-order chi connectivity index (χ1) is 19.9. The van der Waals surface area contributed by atoms with Crippen LogP contribution in [0.3, 0.4) is 0 Å². The number of likely N-dealkylation sites (tertiary alicyclic amines) is 1. The highest BCUT2D eigenvalue weighted by Crippen LogP contribution is 2.39. The van der Waals surface area contributed by atoms with Crippen LogP contribution in [0.15, 0.2) is 72.9 Å². The molecule has 3 N–H and O–H groups in total. The molecule has 206 valence electrons. The molecule has 2 amide bonds. The number of anilines is 2. The Kier molecular flexibility index (Phi) is 6.80. The van der Waals surface area contributed by atoms with E-state index >= 15 is 0 Å². The average molecular weight is 549 g/mol. The van der Waals surface area contributed by atoms with Gasteiger partial charge in [-0.3, -0.25) is 19.7 Å². The molecule has 3 aromatic carbocycles. The minimum atomic E-state index is -0.469. The maximum absolute atomic E-state index is 13.3. The number of nitro groups is 1. The molecule has 0 radical (unpaired) electrons. The molecule has 1 aromatic heterocycles. The molecular formula is C31H28N6O4. The van der Waals surface area contributed by atoms with Crippen molar-refractivity contribution >= 4 is 40.1 Å². The van der Waals surface area contributed by atoms with E-state index in [1.165, 1.54) is 12.1 Å². The van der Waals surface area contributed by atoms with Crippen LogP contribution < -0.4 is 10.6 Å². The van der Waals surface area contributed by atoms with Gasteiger partial charge < -0.3 is 20.5 Å². The van der Waals surface area contributed by atoms with Gasteiger partial charge in [0.05, 0.1) is 21.9 Å². The number of imidazole rings is 1. The van der Waals surface area contributed by atoms with Gasteiger partial charge in [-0.1, -0.05) is 36.4 Å². The third-order valence-corrected chi connectivity index (χ3v) is 7.45. The van der Waals surface area contributed by atoms with E-state index in [0.29, 0.717) is 35.5 Å². The van der Waals surface area contributed by atoms with Crippen molar-refractivity contribution in [2.75, 3.05) is 23.7 Å². The van der Waals surface area contributed by atoms with Gasteiger partial charge in [0.25, 0.3) is 11.6 Å². The molecule has 0 aliphatic carbocycles. The largest absolute Gasteiger partial charge is 0.354 e. The monoisotopic (exact) mass is 548 g/mol. The van der Waals surface area contributed by atoms with Crippen LogP contribution in [0.2, 0.25) is 0 Å². The molecule has 3 heterocycles. The lowest BCUT2D eigenvalue weighted by Crippen LogP contribution is -2.26. The van der Waals surface area contributed by atoms with Crippen molar-refractivity contribution in [1.29, 1.82) is 0 Å². The summed E-state index contributed by atoms with van der Waals surface area (Å²) >= 11 is 0. The Balaban J connectivity index is 1.36. The fourth-order valence-electron chi connectivity index (χ4n) is 5.27. The summed E-state index contributed by atoms with van der Waals surface area (Å²) in [6.45, 7) is 3.37. The van der Waals surface area contributed by atoms with E-state index < -0.39 is 4.92 Å². The first kappa shape index (κ1) is 26.0. The molecule has 0 saturated carbocycles. The van der Waals surface area contributed by atoms with Crippen LogP contribution >= 0.6 is 0 Å². The van der Waals surface area contributed by atoms with Crippen molar-refractivity contribution in [1.82, 2.24) is 14.9 Å². The van der Waals surface area contributed by atoms with Crippen LogP contribution in [0, 0.1) is 17.0 Å². The third-order valence-electron chi connectivity index (χ3n) is 7.45. The van der Waals surface area contributed by atoms with Crippen molar-refractivity contribution in [2.24, 2.45) is 0 Å². The van der Waals surface area contributed by atoms with Crippen molar-refractivity contribution in [3.63, 3.8) is 0 Å². The summed E-state index contributed by atoms with van der Waals surface area (Å²) < 4.78 is 0. The van der Waals surface area contributed by atoms with E-state index in [9.17, 15) is 19.7 Å². The number of hydrogen-bond donors (Lipinski definition) is 3. The molecule has 1 saturated heterocycles. The quantitative estimate of drug-likeness (QED) is 0.154. The maximum Gasteiger partial charge on any atom is 0.270 e. The van der Waals surface area contributed by atoms with Gasteiger partial charge in [-0.25, -0.2) is 4.98 Å². The van der Waals surface area contributed by atoms with Gasteiger partial charge in [0.15, 0.2) is 0 Å². The summed E-state index contributed by atoms with van der Waals surface area (Å²) in [6, 6.07) is 19.9. The number of carbonyl (C=O) groups excluding carboxylic acids is 2. The summed E-state index contributed by atoms with van der Waals surface area (Å²) in [5, 5.41) is 17.8. The summed E-state index contributed by atoms with van der Waals surface area (Å²) in [5.41, 5.74) is 6.08. The second-order valence-electron chi connectivity index (χ2n) is 10.2. The van der Waals surface area contributed by atoms with Crippen LogP contribution in [0.4, 0.5) is 17.1 Å². The lowest BCUT2D eigenvalue weighted by atomic mass is 9.98. The van der Waals surface area contributed by atoms with Crippen LogP contribution in [-0.2, 0) is 16.0 Å². The van der Waals surface area contributed by atoms with Crippen LogP contribution in [0.25, 0.3) is 22.5 Å². The van der Waals surface area contributed by atoms with Crippen molar-refractivity contribution in [2.45, 2.75) is 26.2 Å². The zero-order valence-corrected chi connectivity index (χ0v) is 22.4. The lowest BCUT2D eigenvalue weighted by Gasteiger charge is -2.17. The first-order valence-electron chi connectivity index (χ1n) is 13.5. The smallest absolute Gasteiger partial charge is 0.270 e. The van der Waals surface area contributed by atoms with Gasteiger partial charge in [0, 0.05) is 60.3 Å². The number of amides is 2. The summed E-state index contributed by atoms with van der Waals surface area (Å²) in [4.78, 5) is 45.8.